The van der Waals surface area contributed by atoms with E-state index < -0.39 is 0 Å². The smallest absolute Gasteiger partial charge is 0.135 e. The predicted octanol–water partition coefficient (Wildman–Crippen LogP) is 9.43. The molecule has 38 heavy (non-hydrogen) atoms. The molecule has 1 aromatic heterocycles. The van der Waals surface area contributed by atoms with Crippen LogP contribution in [0.3, 0.4) is 0 Å². The number of hydrogen-bond donors (Lipinski definition) is 0. The van der Waals surface area contributed by atoms with Gasteiger partial charge in [-0.2, -0.15) is 0 Å². The molecular formula is C37H32O. The zero-order valence-electron chi connectivity index (χ0n) is 22.3. The van der Waals surface area contributed by atoms with Crippen LogP contribution in [0.15, 0.2) is 94.4 Å². The van der Waals surface area contributed by atoms with Crippen molar-refractivity contribution in [3.8, 4) is 0 Å². The van der Waals surface area contributed by atoms with Crippen molar-refractivity contribution in [2.45, 2.75) is 45.4 Å². The van der Waals surface area contributed by atoms with E-state index in [1.165, 1.54) is 55.5 Å². The molecule has 0 spiro atoms. The van der Waals surface area contributed by atoms with Crippen molar-refractivity contribution in [1.82, 2.24) is 0 Å². The Kier molecular flexibility index (Phi) is 4.57. The van der Waals surface area contributed by atoms with E-state index in [4.69, 9.17) is 4.42 Å². The first-order valence-electron chi connectivity index (χ1n) is 14.0. The Morgan fingerprint density at radius 3 is 2.50 bits per heavy atom. The molecule has 0 saturated carbocycles. The van der Waals surface area contributed by atoms with Crippen molar-refractivity contribution in [2.24, 2.45) is 11.8 Å². The molecule has 2 atom stereocenters. The average molecular weight is 493 g/mol. The highest BCUT2D eigenvalue weighted by atomic mass is 16.3. The van der Waals surface area contributed by atoms with Gasteiger partial charge in [-0.15, -0.1) is 0 Å². The fourth-order valence-corrected chi connectivity index (χ4v) is 7.20. The van der Waals surface area contributed by atoms with Gasteiger partial charge in [-0.25, -0.2) is 0 Å². The molecule has 2 unspecified atom stereocenters. The summed E-state index contributed by atoms with van der Waals surface area (Å²) in [6.07, 6.45) is 13.1. The second-order valence-corrected chi connectivity index (χ2v) is 12.5. The number of benzene rings is 3. The Morgan fingerprint density at radius 1 is 0.816 bits per heavy atom. The Bertz CT molecular complexity index is 1740. The van der Waals surface area contributed by atoms with Gasteiger partial charge in [0.15, 0.2) is 0 Å². The number of allylic oxidation sites excluding steroid dienone is 6. The van der Waals surface area contributed by atoms with Crippen LogP contribution in [0, 0.1) is 11.8 Å². The molecule has 0 radical (unpaired) electrons. The van der Waals surface area contributed by atoms with E-state index in [1.54, 1.807) is 5.57 Å². The van der Waals surface area contributed by atoms with Gasteiger partial charge in [-0.3, -0.25) is 0 Å². The molecule has 0 amide bonds. The third-order valence-electron chi connectivity index (χ3n) is 9.14. The van der Waals surface area contributed by atoms with E-state index >= 15 is 0 Å². The quantitative estimate of drug-likeness (QED) is 0.272. The largest absolute Gasteiger partial charge is 0.456 e. The zero-order valence-corrected chi connectivity index (χ0v) is 22.3. The SMILES string of the molecule is CC(C)(C)c1cc2c3c(c1)CCC1=C3C(C=C2)C(C2=Cc3ccccc3C2)C=C1c1cc2ccccc2o1. The lowest BCUT2D eigenvalue weighted by molar-refractivity contribution is 0.584. The molecule has 0 aliphatic heterocycles. The van der Waals surface area contributed by atoms with Gasteiger partial charge in [0.25, 0.3) is 0 Å². The Balaban J connectivity index is 1.35. The van der Waals surface area contributed by atoms with Crippen LogP contribution in [-0.2, 0) is 18.3 Å². The summed E-state index contributed by atoms with van der Waals surface area (Å²) in [6.45, 7) is 6.98. The first-order valence-corrected chi connectivity index (χ1v) is 14.0. The van der Waals surface area contributed by atoms with E-state index in [0.29, 0.717) is 11.8 Å². The van der Waals surface area contributed by atoms with E-state index in [2.05, 4.69) is 112 Å². The highest BCUT2D eigenvalue weighted by Crippen LogP contribution is 2.55. The molecule has 0 bridgehead atoms. The molecule has 0 saturated heterocycles. The summed E-state index contributed by atoms with van der Waals surface area (Å²) < 4.78 is 6.52. The molecular weight excluding hydrogens is 460 g/mol. The first kappa shape index (κ1) is 22.2. The Labute approximate surface area is 224 Å². The number of fused-ring (bicyclic) bond motifs is 2. The lowest BCUT2D eigenvalue weighted by Gasteiger charge is -2.40. The van der Waals surface area contributed by atoms with Crippen LogP contribution in [0.4, 0.5) is 0 Å². The maximum Gasteiger partial charge on any atom is 0.135 e. The number of rotatable bonds is 2. The maximum absolute atomic E-state index is 6.52. The van der Waals surface area contributed by atoms with E-state index in [0.717, 1.165) is 30.6 Å². The second-order valence-electron chi connectivity index (χ2n) is 12.5. The van der Waals surface area contributed by atoms with Crippen LogP contribution in [0.25, 0.3) is 34.3 Å². The highest BCUT2D eigenvalue weighted by molar-refractivity contribution is 5.99. The summed E-state index contributed by atoms with van der Waals surface area (Å²) in [5.41, 5.74) is 15.6. The normalized spacial score (nSPS) is 21.3. The summed E-state index contributed by atoms with van der Waals surface area (Å²) in [5, 5.41) is 1.18. The second kappa shape index (κ2) is 7.84. The zero-order chi connectivity index (χ0) is 25.6. The van der Waals surface area contributed by atoms with Crippen LogP contribution < -0.4 is 0 Å². The van der Waals surface area contributed by atoms with Crippen molar-refractivity contribution < 1.29 is 4.42 Å². The van der Waals surface area contributed by atoms with Gasteiger partial charge < -0.3 is 4.42 Å². The van der Waals surface area contributed by atoms with Crippen LogP contribution in [-0.4, -0.2) is 0 Å². The summed E-state index contributed by atoms with van der Waals surface area (Å²) in [6, 6.07) is 24.5. The fraction of sp³-hybridized carbons (Fsp3) is 0.243. The van der Waals surface area contributed by atoms with Crippen molar-refractivity contribution in [2.75, 3.05) is 0 Å². The lowest BCUT2D eigenvalue weighted by Crippen LogP contribution is -2.27. The third-order valence-corrected chi connectivity index (χ3v) is 9.14. The molecule has 1 heteroatoms. The van der Waals surface area contributed by atoms with Crippen molar-refractivity contribution in [3.05, 3.63) is 129 Å². The molecule has 1 nitrogen and oxygen atoms in total. The van der Waals surface area contributed by atoms with Gasteiger partial charge >= 0.3 is 0 Å². The molecule has 186 valence electrons. The van der Waals surface area contributed by atoms with Crippen molar-refractivity contribution in [3.63, 3.8) is 0 Å². The molecule has 1 heterocycles. The van der Waals surface area contributed by atoms with Crippen LogP contribution in [0.5, 0.6) is 0 Å². The van der Waals surface area contributed by atoms with Gasteiger partial charge in [-0.1, -0.05) is 105 Å². The van der Waals surface area contributed by atoms with Gasteiger partial charge in [0.1, 0.15) is 11.3 Å². The van der Waals surface area contributed by atoms with Crippen molar-refractivity contribution in [1.29, 1.82) is 0 Å². The standard InChI is InChI=1S/C37H32O/c1-37(2,3)28-18-25-12-14-29-31(27-16-22-8-4-5-9-23(22)17-27)21-32(30-15-13-26(19-28)35(25)36(29)30)34-20-24-10-6-7-11-33(24)38-34/h4-12,14,16,18-21,29,31H,13,15,17H2,1-3H3. The number of hydrogen-bond acceptors (Lipinski definition) is 1. The number of para-hydroxylation sites is 1. The molecule has 0 N–H and O–H groups in total. The fourth-order valence-electron chi connectivity index (χ4n) is 7.20. The summed E-state index contributed by atoms with van der Waals surface area (Å²) in [5.74, 6) is 1.70. The van der Waals surface area contributed by atoms with Gasteiger partial charge in [-0.05, 0) is 81.3 Å². The van der Waals surface area contributed by atoms with E-state index in [1.807, 2.05) is 0 Å². The van der Waals surface area contributed by atoms with E-state index in [9.17, 15) is 0 Å². The van der Waals surface area contributed by atoms with Gasteiger partial charge in [0, 0.05) is 22.8 Å². The van der Waals surface area contributed by atoms with Gasteiger partial charge in [0.05, 0.1) is 0 Å². The molecule has 4 aliphatic carbocycles. The Hall–Kier alpha value is -3.84. The maximum atomic E-state index is 6.52. The molecule has 3 aromatic carbocycles. The monoisotopic (exact) mass is 492 g/mol. The van der Waals surface area contributed by atoms with Gasteiger partial charge in [0.2, 0.25) is 0 Å². The highest BCUT2D eigenvalue weighted by Gasteiger charge is 2.40. The minimum atomic E-state index is 0.139. The summed E-state index contributed by atoms with van der Waals surface area (Å²) >= 11 is 0. The van der Waals surface area contributed by atoms with Crippen LogP contribution >= 0.6 is 0 Å². The molecule has 8 rings (SSSR count). The first-order chi connectivity index (χ1) is 18.4. The minimum absolute atomic E-state index is 0.139. The van der Waals surface area contributed by atoms with E-state index in [-0.39, 0.29) is 5.41 Å². The number of aryl methyl sites for hydroxylation is 1. The number of furan rings is 1. The predicted molar refractivity (Wildman–Crippen MR) is 159 cm³/mol. The Morgan fingerprint density at radius 2 is 1.66 bits per heavy atom. The average Bonchev–Trinajstić information content (AvgIpc) is 3.55. The molecule has 0 fully saturated rings. The lowest BCUT2D eigenvalue weighted by atomic mass is 9.63. The molecule has 4 aliphatic rings. The van der Waals surface area contributed by atoms with Crippen LogP contribution in [0.1, 0.15) is 66.3 Å². The molecule has 4 aromatic rings. The summed E-state index contributed by atoms with van der Waals surface area (Å²) in [4.78, 5) is 0. The van der Waals surface area contributed by atoms with Crippen LogP contribution in [0.2, 0.25) is 0 Å². The van der Waals surface area contributed by atoms with Crippen molar-refractivity contribution >= 4 is 34.3 Å². The summed E-state index contributed by atoms with van der Waals surface area (Å²) in [7, 11) is 0. The minimum Gasteiger partial charge on any atom is -0.456 e. The third kappa shape index (κ3) is 3.24. The topological polar surface area (TPSA) is 13.1 Å².